The maximum atomic E-state index is 5.10. The standard InChI is InChI=1S/C21H27N5/c1-15-10-11-18-17(14-15)20-24-23-19(16-8-4-2-5-9-16)26(20)21(22-18)25-12-6-3-7-13-25/h10-11,14,16H,2-9,12-13H2,1H3. The van der Waals surface area contributed by atoms with Gasteiger partial charge in [0.1, 0.15) is 5.82 Å². The SMILES string of the molecule is Cc1ccc2nc(N3CCCCC3)n3c(C4CCCCC4)nnc3c2c1. The molecule has 5 heteroatoms. The summed E-state index contributed by atoms with van der Waals surface area (Å²) in [6, 6.07) is 6.48. The van der Waals surface area contributed by atoms with Gasteiger partial charge in [-0.3, -0.25) is 0 Å². The average molecular weight is 349 g/mol. The monoisotopic (exact) mass is 349 g/mol. The molecule has 5 nitrogen and oxygen atoms in total. The molecule has 2 fully saturated rings. The summed E-state index contributed by atoms with van der Waals surface area (Å²) in [7, 11) is 0. The lowest BCUT2D eigenvalue weighted by Gasteiger charge is -2.29. The van der Waals surface area contributed by atoms with Crippen LogP contribution in [0.4, 0.5) is 5.95 Å². The zero-order valence-corrected chi connectivity index (χ0v) is 15.6. The molecule has 0 spiro atoms. The van der Waals surface area contributed by atoms with E-state index < -0.39 is 0 Å². The molecule has 2 aliphatic rings. The minimum Gasteiger partial charge on any atom is -0.342 e. The predicted octanol–water partition coefficient (Wildman–Crippen LogP) is 4.62. The third-order valence-electron chi connectivity index (χ3n) is 6.11. The van der Waals surface area contributed by atoms with E-state index in [-0.39, 0.29) is 0 Å². The fourth-order valence-electron chi connectivity index (χ4n) is 4.68. The molecule has 26 heavy (non-hydrogen) atoms. The van der Waals surface area contributed by atoms with Crippen LogP contribution in [0, 0.1) is 6.92 Å². The summed E-state index contributed by atoms with van der Waals surface area (Å²) < 4.78 is 2.29. The maximum Gasteiger partial charge on any atom is 0.213 e. The fourth-order valence-corrected chi connectivity index (χ4v) is 4.68. The molecule has 0 atom stereocenters. The quantitative estimate of drug-likeness (QED) is 0.677. The van der Waals surface area contributed by atoms with Crippen LogP contribution in [0.1, 0.15) is 68.7 Å². The molecule has 3 heterocycles. The van der Waals surface area contributed by atoms with Gasteiger partial charge >= 0.3 is 0 Å². The van der Waals surface area contributed by atoms with E-state index in [1.807, 2.05) is 0 Å². The molecule has 1 aliphatic heterocycles. The van der Waals surface area contributed by atoms with Crippen molar-refractivity contribution in [1.29, 1.82) is 0 Å². The van der Waals surface area contributed by atoms with Gasteiger partial charge < -0.3 is 4.90 Å². The Morgan fingerprint density at radius 3 is 2.50 bits per heavy atom. The fraction of sp³-hybridized carbons (Fsp3) is 0.571. The van der Waals surface area contributed by atoms with Gasteiger partial charge in [0.15, 0.2) is 5.65 Å². The minimum atomic E-state index is 0.520. The first-order valence-electron chi connectivity index (χ1n) is 10.2. The second-order valence-electron chi connectivity index (χ2n) is 8.03. The number of hydrogen-bond donors (Lipinski definition) is 0. The van der Waals surface area contributed by atoms with Crippen LogP contribution in [0.2, 0.25) is 0 Å². The Balaban J connectivity index is 1.75. The number of hydrogen-bond acceptors (Lipinski definition) is 4. The van der Waals surface area contributed by atoms with Crippen molar-refractivity contribution < 1.29 is 0 Å². The summed E-state index contributed by atoms with van der Waals surface area (Å²) in [4.78, 5) is 7.55. The van der Waals surface area contributed by atoms with Crippen molar-refractivity contribution in [2.45, 2.75) is 64.2 Å². The predicted molar refractivity (Wildman–Crippen MR) is 105 cm³/mol. The number of benzene rings is 1. The van der Waals surface area contributed by atoms with Crippen LogP contribution >= 0.6 is 0 Å². The maximum absolute atomic E-state index is 5.10. The average Bonchev–Trinajstić information content (AvgIpc) is 3.14. The lowest BCUT2D eigenvalue weighted by molar-refractivity contribution is 0.425. The van der Waals surface area contributed by atoms with Crippen LogP contribution in [0.3, 0.4) is 0 Å². The van der Waals surface area contributed by atoms with Crippen LogP contribution in [0.15, 0.2) is 18.2 Å². The van der Waals surface area contributed by atoms with E-state index >= 15 is 0 Å². The van der Waals surface area contributed by atoms with Gasteiger partial charge in [-0.15, -0.1) is 10.2 Å². The lowest BCUT2D eigenvalue weighted by Crippen LogP contribution is -2.32. The summed E-state index contributed by atoms with van der Waals surface area (Å²) in [5, 5.41) is 10.5. The molecular formula is C21H27N5. The summed E-state index contributed by atoms with van der Waals surface area (Å²) in [6.07, 6.45) is 10.2. The van der Waals surface area contributed by atoms with E-state index in [9.17, 15) is 0 Å². The Hall–Kier alpha value is -2.17. The van der Waals surface area contributed by atoms with Gasteiger partial charge in [-0.1, -0.05) is 30.9 Å². The summed E-state index contributed by atoms with van der Waals surface area (Å²) in [6.45, 7) is 4.30. The number of fused-ring (bicyclic) bond motifs is 3. The van der Waals surface area contributed by atoms with Crippen molar-refractivity contribution in [1.82, 2.24) is 19.6 Å². The van der Waals surface area contributed by atoms with E-state index in [1.165, 1.54) is 56.9 Å². The van der Waals surface area contributed by atoms with Crippen LogP contribution in [0.5, 0.6) is 0 Å². The van der Waals surface area contributed by atoms with Crippen molar-refractivity contribution in [2.24, 2.45) is 0 Å². The molecule has 1 aliphatic carbocycles. The molecule has 1 saturated heterocycles. The Kier molecular flexibility index (Phi) is 4.03. The van der Waals surface area contributed by atoms with Gasteiger partial charge in [0, 0.05) is 24.4 Å². The number of aromatic nitrogens is 4. The Morgan fingerprint density at radius 1 is 0.923 bits per heavy atom. The molecule has 136 valence electrons. The highest BCUT2D eigenvalue weighted by Gasteiger charge is 2.26. The number of rotatable bonds is 2. The molecule has 0 N–H and O–H groups in total. The van der Waals surface area contributed by atoms with Gasteiger partial charge in [0.2, 0.25) is 5.95 Å². The normalized spacial score (nSPS) is 19.5. The number of nitrogens with zero attached hydrogens (tertiary/aromatic N) is 5. The van der Waals surface area contributed by atoms with Crippen molar-refractivity contribution in [3.05, 3.63) is 29.6 Å². The third-order valence-corrected chi connectivity index (χ3v) is 6.11. The Morgan fingerprint density at radius 2 is 1.69 bits per heavy atom. The number of piperidine rings is 1. The van der Waals surface area contributed by atoms with Crippen LogP contribution in [0.25, 0.3) is 16.6 Å². The van der Waals surface area contributed by atoms with E-state index in [0.717, 1.165) is 41.4 Å². The topological polar surface area (TPSA) is 46.3 Å². The second kappa shape index (κ2) is 6.53. The Labute approximate surface area is 154 Å². The smallest absolute Gasteiger partial charge is 0.213 e. The number of aryl methyl sites for hydroxylation is 1. The molecule has 0 bridgehead atoms. The molecule has 3 aromatic rings. The number of anilines is 1. The molecule has 0 radical (unpaired) electrons. The van der Waals surface area contributed by atoms with E-state index in [2.05, 4.69) is 39.5 Å². The van der Waals surface area contributed by atoms with Crippen molar-refractivity contribution in [3.63, 3.8) is 0 Å². The largest absolute Gasteiger partial charge is 0.342 e. The van der Waals surface area contributed by atoms with Crippen LogP contribution < -0.4 is 4.90 Å². The van der Waals surface area contributed by atoms with Crippen molar-refractivity contribution >= 4 is 22.5 Å². The van der Waals surface area contributed by atoms with E-state index in [0.29, 0.717) is 5.92 Å². The molecule has 0 unspecified atom stereocenters. The van der Waals surface area contributed by atoms with Crippen molar-refractivity contribution in [2.75, 3.05) is 18.0 Å². The molecule has 1 saturated carbocycles. The summed E-state index contributed by atoms with van der Waals surface area (Å²) in [5.41, 5.74) is 3.26. The van der Waals surface area contributed by atoms with Crippen LogP contribution in [-0.2, 0) is 0 Å². The van der Waals surface area contributed by atoms with Gasteiger partial charge in [-0.05, 0) is 51.2 Å². The third kappa shape index (κ3) is 2.65. The van der Waals surface area contributed by atoms with Crippen LogP contribution in [-0.4, -0.2) is 32.7 Å². The van der Waals surface area contributed by atoms with E-state index in [4.69, 9.17) is 10.1 Å². The van der Waals surface area contributed by atoms with Gasteiger partial charge in [-0.25, -0.2) is 9.38 Å². The second-order valence-corrected chi connectivity index (χ2v) is 8.03. The first-order valence-corrected chi connectivity index (χ1v) is 10.2. The van der Waals surface area contributed by atoms with Gasteiger partial charge in [-0.2, -0.15) is 0 Å². The highest BCUT2D eigenvalue weighted by Crippen LogP contribution is 2.35. The van der Waals surface area contributed by atoms with E-state index in [1.54, 1.807) is 0 Å². The highest BCUT2D eigenvalue weighted by atomic mass is 15.4. The molecule has 1 aromatic carbocycles. The molecule has 0 amide bonds. The first-order chi connectivity index (χ1) is 12.8. The summed E-state index contributed by atoms with van der Waals surface area (Å²) in [5.74, 6) is 2.71. The first kappa shape index (κ1) is 16.0. The molecule has 5 rings (SSSR count). The van der Waals surface area contributed by atoms with Gasteiger partial charge in [0.25, 0.3) is 0 Å². The summed E-state index contributed by atoms with van der Waals surface area (Å²) >= 11 is 0. The zero-order valence-electron chi connectivity index (χ0n) is 15.6. The highest BCUT2D eigenvalue weighted by molar-refractivity contribution is 5.93. The van der Waals surface area contributed by atoms with Gasteiger partial charge in [0.05, 0.1) is 5.52 Å². The minimum absolute atomic E-state index is 0.520. The van der Waals surface area contributed by atoms with Crippen molar-refractivity contribution in [3.8, 4) is 0 Å². The molecular weight excluding hydrogens is 322 g/mol. The zero-order chi connectivity index (χ0) is 17.5. The Bertz CT molecular complexity index is 932. The molecule has 2 aromatic heterocycles. The lowest BCUT2D eigenvalue weighted by atomic mass is 9.89.